The third-order valence-corrected chi connectivity index (χ3v) is 6.33. The second kappa shape index (κ2) is 7.29. The summed E-state index contributed by atoms with van der Waals surface area (Å²) in [6, 6.07) is 0. The van der Waals surface area contributed by atoms with E-state index in [4.69, 9.17) is 0 Å². The van der Waals surface area contributed by atoms with Gasteiger partial charge in [0, 0.05) is 0 Å². The highest BCUT2D eigenvalue weighted by molar-refractivity contribution is 4.83. The highest BCUT2D eigenvalue weighted by Gasteiger charge is 2.31. The first kappa shape index (κ1) is 16.3. The van der Waals surface area contributed by atoms with Crippen LogP contribution in [-0.2, 0) is 0 Å². The molecule has 1 heteroatoms. The van der Waals surface area contributed by atoms with E-state index in [1.54, 1.807) is 0 Å². The van der Waals surface area contributed by atoms with Gasteiger partial charge in [-0.15, -0.1) is 0 Å². The van der Waals surface area contributed by atoms with E-state index in [0.29, 0.717) is 0 Å². The van der Waals surface area contributed by atoms with E-state index in [1.165, 1.54) is 57.8 Å². The van der Waals surface area contributed by atoms with E-state index >= 15 is 0 Å². The Morgan fingerprint density at radius 2 is 1.35 bits per heavy atom. The minimum Gasteiger partial charge on any atom is -0.390 e. The van der Waals surface area contributed by atoms with Crippen molar-refractivity contribution < 1.29 is 5.11 Å². The van der Waals surface area contributed by atoms with Gasteiger partial charge in [0.05, 0.1) is 5.60 Å². The highest BCUT2D eigenvalue weighted by Crippen LogP contribution is 2.39. The standard InChI is InChI=1S/C19H36O/c1-15-8-4-6-10-17(15)12-13-19(3,20)14-18-11-7-5-9-16(18)2/h15-18,20H,4-14H2,1-3H3. The summed E-state index contributed by atoms with van der Waals surface area (Å²) in [6.07, 6.45) is 14.4. The first-order chi connectivity index (χ1) is 9.48. The van der Waals surface area contributed by atoms with Crippen molar-refractivity contribution in [3.8, 4) is 0 Å². The van der Waals surface area contributed by atoms with Crippen molar-refractivity contribution in [2.45, 2.75) is 97.0 Å². The maximum absolute atomic E-state index is 10.8. The molecule has 2 saturated carbocycles. The predicted octanol–water partition coefficient (Wildman–Crippen LogP) is 5.56. The molecule has 2 aliphatic carbocycles. The van der Waals surface area contributed by atoms with Crippen LogP contribution in [0.1, 0.15) is 91.4 Å². The average Bonchev–Trinajstić information content (AvgIpc) is 2.40. The monoisotopic (exact) mass is 280 g/mol. The topological polar surface area (TPSA) is 20.2 Å². The van der Waals surface area contributed by atoms with Crippen molar-refractivity contribution in [2.75, 3.05) is 0 Å². The average molecular weight is 280 g/mol. The minimum atomic E-state index is -0.423. The summed E-state index contributed by atoms with van der Waals surface area (Å²) in [5.41, 5.74) is -0.423. The third-order valence-electron chi connectivity index (χ3n) is 6.33. The quantitative estimate of drug-likeness (QED) is 0.699. The van der Waals surface area contributed by atoms with Crippen LogP contribution in [0.2, 0.25) is 0 Å². The molecule has 2 fully saturated rings. The summed E-state index contributed by atoms with van der Waals surface area (Å²) in [5.74, 6) is 3.35. The van der Waals surface area contributed by atoms with Gasteiger partial charge in [-0.05, 0) is 49.9 Å². The van der Waals surface area contributed by atoms with Gasteiger partial charge in [0.25, 0.3) is 0 Å². The van der Waals surface area contributed by atoms with Gasteiger partial charge in [-0.3, -0.25) is 0 Å². The molecule has 0 spiro atoms. The Labute approximate surface area is 126 Å². The Balaban J connectivity index is 1.77. The van der Waals surface area contributed by atoms with Gasteiger partial charge in [-0.1, -0.05) is 65.2 Å². The number of hydrogen-bond acceptors (Lipinski definition) is 1. The summed E-state index contributed by atoms with van der Waals surface area (Å²) in [5, 5.41) is 10.8. The zero-order valence-electron chi connectivity index (χ0n) is 14.0. The van der Waals surface area contributed by atoms with Gasteiger partial charge in [-0.2, -0.15) is 0 Å². The summed E-state index contributed by atoms with van der Waals surface area (Å²) >= 11 is 0. The second-order valence-electron chi connectivity index (χ2n) is 8.28. The van der Waals surface area contributed by atoms with E-state index < -0.39 is 5.60 Å². The molecule has 1 N–H and O–H groups in total. The molecule has 0 amide bonds. The fourth-order valence-electron chi connectivity index (χ4n) is 4.68. The Kier molecular flexibility index (Phi) is 5.95. The van der Waals surface area contributed by atoms with Gasteiger partial charge in [-0.25, -0.2) is 0 Å². The summed E-state index contributed by atoms with van der Waals surface area (Å²) in [4.78, 5) is 0. The largest absolute Gasteiger partial charge is 0.390 e. The van der Waals surface area contributed by atoms with E-state index in [-0.39, 0.29) is 0 Å². The Bertz CT molecular complexity index is 283. The van der Waals surface area contributed by atoms with Crippen LogP contribution in [0, 0.1) is 23.7 Å². The summed E-state index contributed by atoms with van der Waals surface area (Å²) in [6.45, 7) is 6.91. The van der Waals surface area contributed by atoms with Gasteiger partial charge in [0.15, 0.2) is 0 Å². The Morgan fingerprint density at radius 3 is 1.90 bits per heavy atom. The first-order valence-corrected chi connectivity index (χ1v) is 9.20. The lowest BCUT2D eigenvalue weighted by Crippen LogP contribution is -2.32. The van der Waals surface area contributed by atoms with Gasteiger partial charge in [0.2, 0.25) is 0 Å². The van der Waals surface area contributed by atoms with E-state index in [2.05, 4.69) is 20.8 Å². The fraction of sp³-hybridized carbons (Fsp3) is 1.00. The highest BCUT2D eigenvalue weighted by atomic mass is 16.3. The minimum absolute atomic E-state index is 0.423. The number of hydrogen-bond donors (Lipinski definition) is 1. The molecule has 0 saturated heterocycles. The molecule has 118 valence electrons. The van der Waals surface area contributed by atoms with Crippen molar-refractivity contribution in [3.05, 3.63) is 0 Å². The molecule has 0 aromatic heterocycles. The lowest BCUT2D eigenvalue weighted by molar-refractivity contribution is 0.00145. The van der Waals surface area contributed by atoms with Crippen molar-refractivity contribution in [1.82, 2.24) is 0 Å². The molecule has 0 aliphatic heterocycles. The molecule has 0 heterocycles. The maximum atomic E-state index is 10.8. The summed E-state index contributed by atoms with van der Waals surface area (Å²) in [7, 11) is 0. The van der Waals surface area contributed by atoms with E-state index in [1.807, 2.05) is 0 Å². The van der Waals surface area contributed by atoms with Crippen molar-refractivity contribution in [2.24, 2.45) is 23.7 Å². The Hall–Kier alpha value is -0.0400. The molecular weight excluding hydrogens is 244 g/mol. The van der Waals surface area contributed by atoms with Crippen LogP contribution < -0.4 is 0 Å². The van der Waals surface area contributed by atoms with E-state index in [0.717, 1.165) is 36.5 Å². The zero-order valence-corrected chi connectivity index (χ0v) is 14.0. The van der Waals surface area contributed by atoms with Gasteiger partial charge < -0.3 is 5.11 Å². The maximum Gasteiger partial charge on any atom is 0.0622 e. The van der Waals surface area contributed by atoms with Crippen LogP contribution >= 0.6 is 0 Å². The molecule has 5 unspecified atom stereocenters. The lowest BCUT2D eigenvalue weighted by atomic mass is 9.72. The smallest absolute Gasteiger partial charge is 0.0622 e. The van der Waals surface area contributed by atoms with Crippen LogP contribution in [0.5, 0.6) is 0 Å². The molecule has 0 radical (unpaired) electrons. The van der Waals surface area contributed by atoms with Crippen molar-refractivity contribution >= 4 is 0 Å². The van der Waals surface area contributed by atoms with Crippen LogP contribution in [-0.4, -0.2) is 10.7 Å². The molecular formula is C19H36O. The van der Waals surface area contributed by atoms with Crippen molar-refractivity contribution in [1.29, 1.82) is 0 Å². The molecule has 5 atom stereocenters. The summed E-state index contributed by atoms with van der Waals surface area (Å²) < 4.78 is 0. The Morgan fingerprint density at radius 1 is 0.850 bits per heavy atom. The van der Waals surface area contributed by atoms with Crippen LogP contribution in [0.15, 0.2) is 0 Å². The molecule has 2 rings (SSSR count). The SMILES string of the molecule is CC1CCCCC1CCC(C)(O)CC1CCCCC1C. The van der Waals surface area contributed by atoms with Crippen LogP contribution in [0.4, 0.5) is 0 Å². The van der Waals surface area contributed by atoms with Gasteiger partial charge >= 0.3 is 0 Å². The molecule has 2 aliphatic rings. The van der Waals surface area contributed by atoms with Crippen molar-refractivity contribution in [3.63, 3.8) is 0 Å². The lowest BCUT2D eigenvalue weighted by Gasteiger charge is -2.36. The fourth-order valence-corrected chi connectivity index (χ4v) is 4.68. The van der Waals surface area contributed by atoms with E-state index in [9.17, 15) is 5.11 Å². The number of rotatable bonds is 5. The van der Waals surface area contributed by atoms with Gasteiger partial charge in [0.1, 0.15) is 0 Å². The van der Waals surface area contributed by atoms with Crippen LogP contribution in [0.3, 0.4) is 0 Å². The predicted molar refractivity (Wildman–Crippen MR) is 86.7 cm³/mol. The second-order valence-corrected chi connectivity index (χ2v) is 8.28. The first-order valence-electron chi connectivity index (χ1n) is 9.20. The normalized spacial score (nSPS) is 38.4. The molecule has 0 bridgehead atoms. The molecule has 1 nitrogen and oxygen atoms in total. The molecule has 0 aromatic carbocycles. The molecule has 0 aromatic rings. The number of aliphatic hydroxyl groups is 1. The zero-order chi connectivity index (χ0) is 14.6. The molecule has 20 heavy (non-hydrogen) atoms. The third kappa shape index (κ3) is 4.76. The van der Waals surface area contributed by atoms with Crippen LogP contribution in [0.25, 0.3) is 0 Å².